The largest absolute Gasteiger partial charge is 0.379 e. The van der Waals surface area contributed by atoms with Crippen LogP contribution in [0.15, 0.2) is 30.3 Å². The van der Waals surface area contributed by atoms with E-state index < -0.39 is 5.97 Å². The maximum absolute atomic E-state index is 11.7. The van der Waals surface area contributed by atoms with E-state index in [1.165, 1.54) is 0 Å². The molecule has 1 fully saturated rings. The van der Waals surface area contributed by atoms with Crippen LogP contribution in [-0.2, 0) is 14.5 Å². The van der Waals surface area contributed by atoms with E-state index in [1.807, 2.05) is 6.07 Å². The Labute approximate surface area is 107 Å². The Hall–Kier alpha value is -1.39. The number of methoxy groups -OCH3 is 1. The number of benzene rings is 1. The fraction of sp³-hybridized carbons (Fsp3) is 0.500. The van der Waals surface area contributed by atoms with E-state index in [4.69, 9.17) is 14.5 Å². The van der Waals surface area contributed by atoms with Crippen LogP contribution in [-0.4, -0.2) is 25.3 Å². The van der Waals surface area contributed by atoms with E-state index in [2.05, 4.69) is 6.92 Å². The molecule has 0 bridgehead atoms. The molecule has 0 heterocycles. The molecule has 0 aromatic heterocycles. The minimum Gasteiger partial charge on any atom is -0.379 e. The molecule has 0 N–H and O–H groups in total. The summed E-state index contributed by atoms with van der Waals surface area (Å²) in [5, 5.41) is 0. The van der Waals surface area contributed by atoms with Crippen molar-refractivity contribution in [1.29, 1.82) is 0 Å². The Morgan fingerprint density at radius 1 is 1.17 bits per heavy atom. The molecule has 0 aliphatic heterocycles. The first-order valence-corrected chi connectivity index (χ1v) is 6.16. The first kappa shape index (κ1) is 13.1. The molecule has 3 unspecified atom stereocenters. The molecule has 0 amide bonds. The molecule has 1 aliphatic carbocycles. The van der Waals surface area contributed by atoms with Crippen molar-refractivity contribution in [2.45, 2.75) is 32.0 Å². The van der Waals surface area contributed by atoms with E-state index in [9.17, 15) is 4.79 Å². The summed E-state index contributed by atoms with van der Waals surface area (Å²) in [7, 11) is 1.65. The highest BCUT2D eigenvalue weighted by atomic mass is 17.2. The summed E-state index contributed by atoms with van der Waals surface area (Å²) in [6, 6.07) is 8.79. The second kappa shape index (κ2) is 5.98. The van der Waals surface area contributed by atoms with Crippen LogP contribution in [0.3, 0.4) is 0 Å². The molecule has 0 radical (unpaired) electrons. The third kappa shape index (κ3) is 3.09. The van der Waals surface area contributed by atoms with E-state index in [1.54, 1.807) is 31.4 Å². The lowest BCUT2D eigenvalue weighted by atomic mass is 10.1. The highest BCUT2D eigenvalue weighted by Crippen LogP contribution is 2.29. The van der Waals surface area contributed by atoms with Gasteiger partial charge in [-0.25, -0.2) is 4.79 Å². The van der Waals surface area contributed by atoms with Crippen LogP contribution in [0.4, 0.5) is 0 Å². The molecule has 0 saturated heterocycles. The van der Waals surface area contributed by atoms with Gasteiger partial charge in [-0.1, -0.05) is 25.1 Å². The van der Waals surface area contributed by atoms with Crippen LogP contribution < -0.4 is 0 Å². The zero-order valence-electron chi connectivity index (χ0n) is 10.7. The van der Waals surface area contributed by atoms with Gasteiger partial charge in [-0.2, -0.15) is 4.89 Å². The number of hydrogen-bond donors (Lipinski definition) is 0. The van der Waals surface area contributed by atoms with E-state index in [0.29, 0.717) is 11.5 Å². The van der Waals surface area contributed by atoms with Crippen LogP contribution >= 0.6 is 0 Å². The van der Waals surface area contributed by atoms with Crippen molar-refractivity contribution in [1.82, 2.24) is 0 Å². The molecule has 4 heteroatoms. The van der Waals surface area contributed by atoms with Crippen molar-refractivity contribution in [3.05, 3.63) is 35.9 Å². The molecule has 1 aromatic carbocycles. The van der Waals surface area contributed by atoms with Gasteiger partial charge in [0.25, 0.3) is 0 Å². The smallest absolute Gasteiger partial charge is 0.373 e. The van der Waals surface area contributed by atoms with Gasteiger partial charge in [0.15, 0.2) is 0 Å². The van der Waals surface area contributed by atoms with Gasteiger partial charge >= 0.3 is 5.97 Å². The molecule has 3 atom stereocenters. The second-order valence-corrected chi connectivity index (χ2v) is 4.72. The average Bonchev–Trinajstić information content (AvgIpc) is 2.77. The predicted octanol–water partition coefficient (Wildman–Crippen LogP) is 2.59. The Bertz CT molecular complexity index is 390. The van der Waals surface area contributed by atoms with Gasteiger partial charge in [0.2, 0.25) is 0 Å². The monoisotopic (exact) mass is 250 g/mol. The van der Waals surface area contributed by atoms with Gasteiger partial charge in [-0.05, 0) is 30.9 Å². The second-order valence-electron chi connectivity index (χ2n) is 4.72. The SMILES string of the molecule is COC1CC(C)CC1OOC(=O)c1ccccc1. The van der Waals surface area contributed by atoms with Gasteiger partial charge in [-0.15, -0.1) is 0 Å². The molecule has 0 spiro atoms. The standard InChI is InChI=1S/C14H18O4/c1-10-8-12(16-2)13(9-10)17-18-14(15)11-6-4-3-5-7-11/h3-7,10,12-13H,8-9H2,1-2H3. The van der Waals surface area contributed by atoms with Crippen molar-refractivity contribution in [3.8, 4) is 0 Å². The zero-order valence-corrected chi connectivity index (χ0v) is 10.7. The maximum atomic E-state index is 11.7. The predicted molar refractivity (Wildman–Crippen MR) is 65.9 cm³/mol. The Kier molecular flexibility index (Phi) is 4.33. The van der Waals surface area contributed by atoms with Crippen molar-refractivity contribution in [3.63, 3.8) is 0 Å². The van der Waals surface area contributed by atoms with Crippen molar-refractivity contribution in [2.24, 2.45) is 5.92 Å². The minimum absolute atomic E-state index is 0.00331. The summed E-state index contributed by atoms with van der Waals surface area (Å²) in [6.07, 6.45) is 1.62. The minimum atomic E-state index is -0.468. The quantitative estimate of drug-likeness (QED) is 0.608. The number of hydrogen-bond acceptors (Lipinski definition) is 4. The average molecular weight is 250 g/mol. The summed E-state index contributed by atoms with van der Waals surface area (Å²) in [5.41, 5.74) is 0.484. The molecular formula is C14H18O4. The van der Waals surface area contributed by atoms with Gasteiger partial charge in [0.05, 0.1) is 11.7 Å². The summed E-state index contributed by atoms with van der Waals surface area (Å²) < 4.78 is 5.32. The molecule has 18 heavy (non-hydrogen) atoms. The van der Waals surface area contributed by atoms with E-state index in [-0.39, 0.29) is 12.2 Å². The topological polar surface area (TPSA) is 44.8 Å². The number of carbonyl (C=O) groups excluding carboxylic acids is 1. The lowest BCUT2D eigenvalue weighted by Gasteiger charge is -2.16. The van der Waals surface area contributed by atoms with Crippen LogP contribution in [0, 0.1) is 5.92 Å². The lowest BCUT2D eigenvalue weighted by Crippen LogP contribution is -2.26. The van der Waals surface area contributed by atoms with Crippen LogP contribution in [0.2, 0.25) is 0 Å². The lowest BCUT2D eigenvalue weighted by molar-refractivity contribution is -0.288. The summed E-state index contributed by atoms with van der Waals surface area (Å²) in [6.45, 7) is 2.13. The highest BCUT2D eigenvalue weighted by molar-refractivity contribution is 5.88. The van der Waals surface area contributed by atoms with Crippen LogP contribution in [0.25, 0.3) is 0 Å². The Balaban J connectivity index is 1.86. The van der Waals surface area contributed by atoms with Gasteiger partial charge < -0.3 is 4.74 Å². The van der Waals surface area contributed by atoms with Gasteiger partial charge in [-0.3, -0.25) is 4.89 Å². The normalized spacial score (nSPS) is 27.1. The van der Waals surface area contributed by atoms with Crippen LogP contribution in [0.1, 0.15) is 30.1 Å². The number of rotatable bonds is 4. The van der Waals surface area contributed by atoms with E-state index in [0.717, 1.165) is 12.8 Å². The first-order valence-electron chi connectivity index (χ1n) is 6.16. The van der Waals surface area contributed by atoms with Crippen LogP contribution in [0.5, 0.6) is 0 Å². The van der Waals surface area contributed by atoms with Gasteiger partial charge in [0.1, 0.15) is 6.10 Å². The van der Waals surface area contributed by atoms with Gasteiger partial charge in [0, 0.05) is 7.11 Å². The Morgan fingerprint density at radius 3 is 2.50 bits per heavy atom. The molecule has 1 aromatic rings. The molecule has 2 rings (SSSR count). The zero-order chi connectivity index (χ0) is 13.0. The third-order valence-electron chi connectivity index (χ3n) is 3.24. The third-order valence-corrected chi connectivity index (χ3v) is 3.24. The van der Waals surface area contributed by atoms with E-state index >= 15 is 0 Å². The fourth-order valence-electron chi connectivity index (χ4n) is 2.27. The molecule has 1 aliphatic rings. The first-order chi connectivity index (χ1) is 8.70. The number of ether oxygens (including phenoxy) is 1. The van der Waals surface area contributed by atoms with Crippen molar-refractivity contribution in [2.75, 3.05) is 7.11 Å². The summed E-state index contributed by atoms with van der Waals surface area (Å²) in [4.78, 5) is 21.8. The van der Waals surface area contributed by atoms with Crippen molar-refractivity contribution >= 4 is 5.97 Å². The highest BCUT2D eigenvalue weighted by Gasteiger charge is 2.34. The van der Waals surface area contributed by atoms with Crippen molar-refractivity contribution < 1.29 is 19.3 Å². The summed E-state index contributed by atoms with van der Waals surface area (Å²) >= 11 is 0. The fourth-order valence-corrected chi connectivity index (χ4v) is 2.27. The molecular weight excluding hydrogens is 232 g/mol. The number of carbonyl (C=O) groups is 1. The molecule has 98 valence electrons. The summed E-state index contributed by atoms with van der Waals surface area (Å²) in [5.74, 6) is 0.0559. The molecule has 4 nitrogen and oxygen atoms in total. The maximum Gasteiger partial charge on any atom is 0.373 e. The molecule has 1 saturated carbocycles. The Morgan fingerprint density at radius 2 is 1.83 bits per heavy atom.